The van der Waals surface area contributed by atoms with Crippen molar-refractivity contribution < 1.29 is 22.7 Å². The van der Waals surface area contributed by atoms with Gasteiger partial charge in [0, 0.05) is 35.7 Å². The molecule has 0 radical (unpaired) electrons. The Kier molecular flexibility index (Phi) is 5.92. The zero-order chi connectivity index (χ0) is 24.0. The third-order valence-electron chi connectivity index (χ3n) is 6.16. The van der Waals surface area contributed by atoms with Crippen LogP contribution in [0.3, 0.4) is 0 Å². The summed E-state index contributed by atoms with van der Waals surface area (Å²) in [6.45, 7) is 6.50. The largest absolute Gasteiger partial charge is 0.494 e. The number of benzene rings is 2. The van der Waals surface area contributed by atoms with Crippen molar-refractivity contribution in [2.75, 3.05) is 11.5 Å². The SMILES string of the molecule is CCOc1ccc(C2CC(=O)N(c3ccc(S(N)(=O)=O)cc3)C3=C2C(=O)CC(C)(C)C3)cc1. The average molecular weight is 469 g/mol. The predicted molar refractivity (Wildman–Crippen MR) is 125 cm³/mol. The lowest BCUT2D eigenvalue weighted by Crippen LogP contribution is -2.43. The van der Waals surface area contributed by atoms with E-state index in [-0.39, 0.29) is 34.3 Å². The second kappa shape index (κ2) is 8.43. The third-order valence-corrected chi connectivity index (χ3v) is 7.09. The van der Waals surface area contributed by atoms with E-state index in [1.165, 1.54) is 12.1 Å². The molecule has 0 spiro atoms. The Hall–Kier alpha value is -2.97. The highest BCUT2D eigenvalue weighted by atomic mass is 32.2. The van der Waals surface area contributed by atoms with E-state index in [0.29, 0.717) is 36.4 Å². The normalized spacial score (nSPS) is 20.6. The van der Waals surface area contributed by atoms with Crippen LogP contribution in [0, 0.1) is 5.41 Å². The van der Waals surface area contributed by atoms with Gasteiger partial charge < -0.3 is 4.74 Å². The smallest absolute Gasteiger partial charge is 0.238 e. The molecular formula is C25H28N2O5S. The maximum absolute atomic E-state index is 13.4. The summed E-state index contributed by atoms with van der Waals surface area (Å²) < 4.78 is 28.8. The van der Waals surface area contributed by atoms with Crippen LogP contribution in [0.5, 0.6) is 5.75 Å². The molecule has 2 aromatic carbocycles. The van der Waals surface area contributed by atoms with Gasteiger partial charge in [-0.2, -0.15) is 0 Å². The Morgan fingerprint density at radius 1 is 1.03 bits per heavy atom. The van der Waals surface area contributed by atoms with Crippen LogP contribution in [0.25, 0.3) is 0 Å². The molecule has 33 heavy (non-hydrogen) atoms. The summed E-state index contributed by atoms with van der Waals surface area (Å²) in [6.07, 6.45) is 1.12. The number of carbonyl (C=O) groups excluding carboxylic acids is 2. The van der Waals surface area contributed by atoms with Crippen molar-refractivity contribution in [3.8, 4) is 5.75 Å². The molecule has 174 valence electrons. The van der Waals surface area contributed by atoms with Crippen LogP contribution in [0.2, 0.25) is 0 Å². The monoisotopic (exact) mass is 468 g/mol. The van der Waals surface area contributed by atoms with E-state index in [4.69, 9.17) is 9.88 Å². The Labute approximate surface area is 194 Å². The average Bonchev–Trinajstić information content (AvgIpc) is 2.72. The van der Waals surface area contributed by atoms with Crippen molar-refractivity contribution in [2.24, 2.45) is 10.6 Å². The van der Waals surface area contributed by atoms with Crippen LogP contribution < -0.4 is 14.8 Å². The molecule has 1 heterocycles. The number of Topliss-reactive ketones (excluding diaryl/α,β-unsaturated/α-hetero) is 1. The minimum absolute atomic E-state index is 0.0303. The van der Waals surface area contributed by atoms with Crippen molar-refractivity contribution in [3.05, 3.63) is 65.4 Å². The minimum atomic E-state index is -3.85. The van der Waals surface area contributed by atoms with Crippen LogP contribution >= 0.6 is 0 Å². The second-order valence-corrected chi connectivity index (χ2v) is 10.9. The summed E-state index contributed by atoms with van der Waals surface area (Å²) in [4.78, 5) is 28.3. The molecule has 1 aliphatic heterocycles. The second-order valence-electron chi connectivity index (χ2n) is 9.33. The van der Waals surface area contributed by atoms with Gasteiger partial charge in [-0.05, 0) is 60.7 Å². The fraction of sp³-hybridized carbons (Fsp3) is 0.360. The van der Waals surface area contributed by atoms with Gasteiger partial charge in [0.25, 0.3) is 0 Å². The maximum atomic E-state index is 13.4. The first-order valence-corrected chi connectivity index (χ1v) is 12.5. The highest BCUT2D eigenvalue weighted by Crippen LogP contribution is 2.48. The molecule has 4 rings (SSSR count). The summed E-state index contributed by atoms with van der Waals surface area (Å²) in [5.74, 6) is 0.317. The summed E-state index contributed by atoms with van der Waals surface area (Å²) in [5, 5.41) is 5.21. The zero-order valence-corrected chi connectivity index (χ0v) is 19.8. The van der Waals surface area contributed by atoms with E-state index in [1.807, 2.05) is 45.0 Å². The fourth-order valence-corrected chi connectivity index (χ4v) is 5.26. The summed E-state index contributed by atoms with van der Waals surface area (Å²) in [7, 11) is -3.85. The highest BCUT2D eigenvalue weighted by molar-refractivity contribution is 7.89. The topological polar surface area (TPSA) is 107 Å². The number of sulfonamides is 1. The highest BCUT2D eigenvalue weighted by Gasteiger charge is 2.44. The van der Waals surface area contributed by atoms with E-state index in [9.17, 15) is 18.0 Å². The predicted octanol–water partition coefficient (Wildman–Crippen LogP) is 3.90. The first-order valence-electron chi connectivity index (χ1n) is 10.9. The van der Waals surface area contributed by atoms with Crippen LogP contribution in [0.4, 0.5) is 5.69 Å². The van der Waals surface area contributed by atoms with E-state index < -0.39 is 10.0 Å². The Morgan fingerprint density at radius 3 is 2.24 bits per heavy atom. The summed E-state index contributed by atoms with van der Waals surface area (Å²) in [5.41, 5.74) is 2.48. The van der Waals surface area contributed by atoms with E-state index in [2.05, 4.69) is 0 Å². The van der Waals surface area contributed by atoms with Crippen LogP contribution in [0.1, 0.15) is 51.5 Å². The third kappa shape index (κ3) is 4.58. The first kappa shape index (κ1) is 23.2. The molecule has 0 saturated heterocycles. The number of nitrogens with two attached hydrogens (primary N) is 1. The molecule has 0 fully saturated rings. The number of rotatable bonds is 5. The quantitative estimate of drug-likeness (QED) is 0.716. The number of carbonyl (C=O) groups is 2. The van der Waals surface area contributed by atoms with Gasteiger partial charge in [-0.25, -0.2) is 13.6 Å². The number of allylic oxidation sites excluding steroid dienone is 2. The Bertz CT molecular complexity index is 1230. The maximum Gasteiger partial charge on any atom is 0.238 e. The van der Waals surface area contributed by atoms with Gasteiger partial charge in [0.1, 0.15) is 5.75 Å². The number of nitrogens with zero attached hydrogens (tertiary/aromatic N) is 1. The molecule has 1 atom stereocenters. The van der Waals surface area contributed by atoms with Crippen molar-refractivity contribution >= 4 is 27.4 Å². The lowest BCUT2D eigenvalue weighted by atomic mass is 9.69. The van der Waals surface area contributed by atoms with Gasteiger partial charge in [-0.1, -0.05) is 26.0 Å². The molecule has 1 aliphatic carbocycles. The number of hydrogen-bond acceptors (Lipinski definition) is 5. The lowest BCUT2D eigenvalue weighted by molar-refractivity contribution is -0.121. The van der Waals surface area contributed by atoms with E-state index >= 15 is 0 Å². The van der Waals surface area contributed by atoms with Gasteiger partial charge in [-0.15, -0.1) is 0 Å². The molecule has 1 unspecified atom stereocenters. The number of anilines is 1. The zero-order valence-electron chi connectivity index (χ0n) is 19.0. The summed E-state index contributed by atoms with van der Waals surface area (Å²) >= 11 is 0. The number of ketones is 1. The molecule has 7 nitrogen and oxygen atoms in total. The van der Waals surface area contributed by atoms with Crippen molar-refractivity contribution in [1.82, 2.24) is 0 Å². The molecule has 0 saturated carbocycles. The number of primary sulfonamides is 1. The van der Waals surface area contributed by atoms with Gasteiger partial charge in [0.05, 0.1) is 11.5 Å². The molecule has 8 heteroatoms. The minimum Gasteiger partial charge on any atom is -0.494 e. The number of hydrogen-bond donors (Lipinski definition) is 1. The van der Waals surface area contributed by atoms with Crippen molar-refractivity contribution in [2.45, 2.75) is 50.8 Å². The van der Waals surface area contributed by atoms with Crippen LogP contribution in [0.15, 0.2) is 64.7 Å². The molecule has 0 aromatic heterocycles. The molecule has 2 N–H and O–H groups in total. The first-order chi connectivity index (χ1) is 15.5. The van der Waals surface area contributed by atoms with Crippen molar-refractivity contribution in [1.29, 1.82) is 0 Å². The van der Waals surface area contributed by atoms with Gasteiger partial charge >= 0.3 is 0 Å². The van der Waals surface area contributed by atoms with Crippen molar-refractivity contribution in [3.63, 3.8) is 0 Å². The molecule has 2 aliphatic rings. The van der Waals surface area contributed by atoms with Crippen LogP contribution in [-0.4, -0.2) is 26.7 Å². The number of amides is 1. The van der Waals surface area contributed by atoms with Crippen LogP contribution in [-0.2, 0) is 19.6 Å². The van der Waals surface area contributed by atoms with Gasteiger partial charge in [0.15, 0.2) is 5.78 Å². The van der Waals surface area contributed by atoms with Gasteiger partial charge in [-0.3, -0.25) is 14.5 Å². The van der Waals surface area contributed by atoms with E-state index in [1.54, 1.807) is 17.0 Å². The molecule has 2 aromatic rings. The van der Waals surface area contributed by atoms with Gasteiger partial charge in [0.2, 0.25) is 15.9 Å². The van der Waals surface area contributed by atoms with E-state index in [0.717, 1.165) is 11.3 Å². The number of ether oxygens (including phenoxy) is 1. The molecule has 1 amide bonds. The molecule has 0 bridgehead atoms. The lowest BCUT2D eigenvalue weighted by Gasteiger charge is -2.43. The standard InChI is InChI=1S/C25H28N2O5S/c1-4-32-18-9-5-16(6-10-18)20-13-23(29)27(17-7-11-19(12-8-17)33(26,30)31)21-14-25(2,3)15-22(28)24(20)21/h5-12,20H,4,13-15H2,1-3H3,(H2,26,30,31). The fourth-order valence-electron chi connectivity index (χ4n) is 4.75. The molecular weight excluding hydrogens is 440 g/mol. The Balaban J connectivity index is 1.81. The Morgan fingerprint density at radius 2 is 1.67 bits per heavy atom. The summed E-state index contributed by atoms with van der Waals surface area (Å²) in [6, 6.07) is 13.4.